The highest BCUT2D eigenvalue weighted by atomic mass is 16.3. The molecule has 0 spiro atoms. The highest BCUT2D eigenvalue weighted by Gasteiger charge is 2.09. The van der Waals surface area contributed by atoms with Crippen molar-refractivity contribution in [2.45, 2.75) is 6.42 Å². The number of hydrazone groups is 1. The zero-order valence-electron chi connectivity index (χ0n) is 15.0. The lowest BCUT2D eigenvalue weighted by atomic mass is 10.1. The Morgan fingerprint density at radius 2 is 1.86 bits per heavy atom. The van der Waals surface area contributed by atoms with Crippen LogP contribution in [0.5, 0.6) is 5.75 Å². The summed E-state index contributed by atoms with van der Waals surface area (Å²) in [6.07, 6.45) is 2.22. The number of phenolic OH excluding ortho intramolecular Hbond substituents is 1. The van der Waals surface area contributed by atoms with Gasteiger partial charge in [0.25, 0.3) is 5.91 Å². The van der Waals surface area contributed by atoms with Gasteiger partial charge >= 0.3 is 0 Å². The molecule has 4 aromatic rings. The van der Waals surface area contributed by atoms with Crippen molar-refractivity contribution >= 4 is 23.2 Å². The molecule has 1 aromatic heterocycles. The van der Waals surface area contributed by atoms with Crippen molar-refractivity contribution in [3.8, 4) is 5.75 Å². The second-order valence-corrected chi connectivity index (χ2v) is 6.37. The smallest absolute Gasteiger partial charge is 0.271 e. The molecule has 138 valence electrons. The average Bonchev–Trinajstić information content (AvgIpc) is 3.11. The molecule has 0 radical (unpaired) electrons. The van der Waals surface area contributed by atoms with Crippen LogP contribution in [-0.4, -0.2) is 27.2 Å². The van der Waals surface area contributed by atoms with Gasteiger partial charge in [0.2, 0.25) is 0 Å². The Labute approximate surface area is 161 Å². The summed E-state index contributed by atoms with van der Waals surface area (Å²) in [4.78, 5) is 20.2. The van der Waals surface area contributed by atoms with E-state index in [0.29, 0.717) is 12.0 Å². The van der Waals surface area contributed by atoms with E-state index in [0.717, 1.165) is 22.4 Å². The summed E-state index contributed by atoms with van der Waals surface area (Å²) in [5, 5.41) is 13.2. The van der Waals surface area contributed by atoms with Crippen LogP contribution in [0.15, 0.2) is 77.9 Å². The van der Waals surface area contributed by atoms with Crippen LogP contribution in [0.2, 0.25) is 0 Å². The van der Waals surface area contributed by atoms with Crippen molar-refractivity contribution in [1.82, 2.24) is 15.4 Å². The van der Waals surface area contributed by atoms with Gasteiger partial charge in [-0.05, 0) is 53.6 Å². The monoisotopic (exact) mass is 370 g/mol. The number of H-pyrrole nitrogens is 1. The van der Waals surface area contributed by atoms with Gasteiger partial charge in [-0.25, -0.2) is 10.4 Å². The van der Waals surface area contributed by atoms with Crippen molar-refractivity contribution in [2.24, 2.45) is 5.10 Å². The fraction of sp³-hybridized carbons (Fsp3) is 0.0455. The van der Waals surface area contributed by atoms with Gasteiger partial charge < -0.3 is 10.1 Å². The normalized spacial score (nSPS) is 11.1. The number of fused-ring (bicyclic) bond motifs is 1. The van der Waals surface area contributed by atoms with E-state index in [-0.39, 0.29) is 11.7 Å². The fourth-order valence-electron chi connectivity index (χ4n) is 2.87. The van der Waals surface area contributed by atoms with E-state index < -0.39 is 0 Å². The van der Waals surface area contributed by atoms with Gasteiger partial charge in [0.15, 0.2) is 0 Å². The van der Waals surface area contributed by atoms with Crippen LogP contribution in [0.3, 0.4) is 0 Å². The van der Waals surface area contributed by atoms with Gasteiger partial charge in [-0.15, -0.1) is 0 Å². The number of carbonyl (C=O) groups is 1. The molecule has 1 heterocycles. The van der Waals surface area contributed by atoms with Crippen molar-refractivity contribution < 1.29 is 9.90 Å². The number of amides is 1. The number of nitrogens with one attached hydrogen (secondary N) is 2. The largest absolute Gasteiger partial charge is 0.508 e. The number of aromatic amines is 1. The van der Waals surface area contributed by atoms with Gasteiger partial charge in [-0.2, -0.15) is 5.10 Å². The fourth-order valence-corrected chi connectivity index (χ4v) is 2.87. The first kappa shape index (κ1) is 17.5. The van der Waals surface area contributed by atoms with E-state index in [4.69, 9.17) is 0 Å². The second kappa shape index (κ2) is 7.75. The van der Waals surface area contributed by atoms with Crippen LogP contribution < -0.4 is 5.43 Å². The lowest BCUT2D eigenvalue weighted by molar-refractivity contribution is 0.0955. The van der Waals surface area contributed by atoms with Gasteiger partial charge in [-0.3, -0.25) is 4.79 Å². The lowest BCUT2D eigenvalue weighted by Gasteiger charge is -2.00. The molecule has 1 amide bonds. The number of benzene rings is 3. The molecule has 6 nitrogen and oxygen atoms in total. The standard InChI is InChI=1S/C22H18N4O2/c27-18-9-6-16(7-10-18)14-23-26-22(28)17-8-11-19-20(13-17)25-21(24-19)12-15-4-2-1-3-5-15/h1-11,13-14,27H,12H2,(H,24,25)(H,26,28)/b23-14-. The van der Waals surface area contributed by atoms with Crippen LogP contribution in [0, 0.1) is 0 Å². The molecule has 0 aliphatic carbocycles. The summed E-state index contributed by atoms with van der Waals surface area (Å²) in [5.41, 5.74) is 6.56. The molecule has 0 saturated carbocycles. The van der Waals surface area contributed by atoms with Gasteiger partial charge in [0.05, 0.1) is 17.2 Å². The van der Waals surface area contributed by atoms with Crippen LogP contribution in [0.4, 0.5) is 0 Å². The number of aromatic nitrogens is 2. The maximum absolute atomic E-state index is 12.3. The third-order valence-electron chi connectivity index (χ3n) is 4.28. The first-order valence-electron chi connectivity index (χ1n) is 8.82. The maximum atomic E-state index is 12.3. The van der Waals surface area contributed by atoms with Gasteiger partial charge in [-0.1, -0.05) is 30.3 Å². The van der Waals surface area contributed by atoms with Crippen molar-refractivity contribution in [2.75, 3.05) is 0 Å². The first-order valence-corrected chi connectivity index (χ1v) is 8.82. The Hall–Kier alpha value is -3.93. The molecule has 3 aromatic carbocycles. The molecule has 0 aliphatic heterocycles. The van der Waals surface area contributed by atoms with Crippen LogP contribution in [0.1, 0.15) is 27.3 Å². The van der Waals surface area contributed by atoms with E-state index in [2.05, 4.69) is 32.6 Å². The predicted molar refractivity (Wildman–Crippen MR) is 109 cm³/mol. The Kier molecular flexibility index (Phi) is 4.84. The zero-order chi connectivity index (χ0) is 19.3. The van der Waals surface area contributed by atoms with E-state index in [1.54, 1.807) is 36.4 Å². The minimum Gasteiger partial charge on any atom is -0.508 e. The Bertz CT molecular complexity index is 1130. The molecule has 0 fully saturated rings. The summed E-state index contributed by atoms with van der Waals surface area (Å²) in [5.74, 6) is 0.723. The summed E-state index contributed by atoms with van der Waals surface area (Å²) in [6, 6.07) is 21.9. The lowest BCUT2D eigenvalue weighted by Crippen LogP contribution is -2.17. The number of rotatable bonds is 5. The van der Waals surface area contributed by atoms with Crippen molar-refractivity contribution in [3.63, 3.8) is 0 Å². The molecular weight excluding hydrogens is 352 g/mol. The zero-order valence-corrected chi connectivity index (χ0v) is 15.0. The third-order valence-corrected chi connectivity index (χ3v) is 4.28. The molecule has 3 N–H and O–H groups in total. The SMILES string of the molecule is O=C(N/N=C\c1ccc(O)cc1)c1ccc2nc(Cc3ccccc3)[nH]c2c1. The van der Waals surface area contributed by atoms with Gasteiger partial charge in [0.1, 0.15) is 11.6 Å². The van der Waals surface area contributed by atoms with E-state index in [1.807, 2.05) is 24.3 Å². The molecule has 28 heavy (non-hydrogen) atoms. The summed E-state index contributed by atoms with van der Waals surface area (Å²) >= 11 is 0. The number of imidazole rings is 1. The Morgan fingerprint density at radius 1 is 1.07 bits per heavy atom. The number of phenols is 1. The van der Waals surface area contributed by atoms with E-state index >= 15 is 0 Å². The number of hydrogen-bond donors (Lipinski definition) is 3. The Morgan fingerprint density at radius 3 is 2.64 bits per heavy atom. The van der Waals surface area contributed by atoms with Crippen LogP contribution in [-0.2, 0) is 6.42 Å². The average molecular weight is 370 g/mol. The first-order chi connectivity index (χ1) is 13.7. The quantitative estimate of drug-likeness (QED) is 0.370. The van der Waals surface area contributed by atoms with Crippen molar-refractivity contribution in [1.29, 1.82) is 0 Å². The Balaban J connectivity index is 1.46. The minimum absolute atomic E-state index is 0.181. The van der Waals surface area contributed by atoms with Crippen LogP contribution in [0.25, 0.3) is 11.0 Å². The molecular formula is C22H18N4O2. The summed E-state index contributed by atoms with van der Waals surface area (Å²) in [6.45, 7) is 0. The maximum Gasteiger partial charge on any atom is 0.271 e. The second-order valence-electron chi connectivity index (χ2n) is 6.37. The number of carbonyl (C=O) groups excluding carboxylic acids is 1. The van der Waals surface area contributed by atoms with E-state index in [1.165, 1.54) is 11.8 Å². The summed E-state index contributed by atoms with van der Waals surface area (Å²) < 4.78 is 0. The molecule has 0 atom stereocenters. The van der Waals surface area contributed by atoms with Gasteiger partial charge in [0, 0.05) is 12.0 Å². The number of aromatic hydroxyl groups is 1. The highest BCUT2D eigenvalue weighted by molar-refractivity contribution is 5.97. The number of nitrogens with zero attached hydrogens (tertiary/aromatic N) is 2. The molecule has 0 unspecified atom stereocenters. The third kappa shape index (κ3) is 4.07. The highest BCUT2D eigenvalue weighted by Crippen LogP contribution is 2.16. The van der Waals surface area contributed by atoms with Crippen LogP contribution >= 0.6 is 0 Å². The predicted octanol–water partition coefficient (Wildman–Crippen LogP) is 3.62. The molecule has 0 bridgehead atoms. The minimum atomic E-state index is -0.309. The molecule has 0 aliphatic rings. The summed E-state index contributed by atoms with van der Waals surface area (Å²) in [7, 11) is 0. The molecule has 6 heteroatoms. The number of hydrogen-bond acceptors (Lipinski definition) is 4. The van der Waals surface area contributed by atoms with Crippen molar-refractivity contribution in [3.05, 3.63) is 95.3 Å². The topological polar surface area (TPSA) is 90.4 Å². The molecule has 4 rings (SSSR count). The van der Waals surface area contributed by atoms with E-state index in [9.17, 15) is 9.90 Å². The molecule has 0 saturated heterocycles.